The summed E-state index contributed by atoms with van der Waals surface area (Å²) in [6.07, 6.45) is 6.56. The van der Waals surface area contributed by atoms with Crippen LogP contribution in [0.4, 0.5) is 0 Å². The molecule has 2 unspecified atom stereocenters. The average molecular weight is 677 g/mol. The number of ether oxygens (including phenoxy) is 2. The van der Waals surface area contributed by atoms with E-state index in [0.29, 0.717) is 17.7 Å². The molecule has 0 saturated carbocycles. The fourth-order valence-electron chi connectivity index (χ4n) is 5.84. The molecule has 4 heterocycles. The molecule has 0 N–H and O–H groups in total. The summed E-state index contributed by atoms with van der Waals surface area (Å²) >= 11 is 0. The third-order valence-electron chi connectivity index (χ3n) is 8.32. The van der Waals surface area contributed by atoms with E-state index in [2.05, 4.69) is 103 Å². The van der Waals surface area contributed by atoms with Gasteiger partial charge in [0.25, 0.3) is 0 Å². The van der Waals surface area contributed by atoms with Gasteiger partial charge in [0.1, 0.15) is 24.2 Å². The van der Waals surface area contributed by atoms with Crippen LogP contribution in [-0.4, -0.2) is 42.8 Å². The van der Waals surface area contributed by atoms with Gasteiger partial charge in [-0.3, -0.25) is 4.57 Å². The van der Waals surface area contributed by atoms with Gasteiger partial charge in [0.05, 0.1) is 11.0 Å². The van der Waals surface area contributed by atoms with Crippen molar-refractivity contribution < 1.29 is 9.47 Å². The summed E-state index contributed by atoms with van der Waals surface area (Å²) < 4.78 is 14.3. The summed E-state index contributed by atoms with van der Waals surface area (Å²) in [4.78, 5) is 21.9. The van der Waals surface area contributed by atoms with Crippen molar-refractivity contribution in [3.8, 4) is 29.2 Å². The van der Waals surface area contributed by atoms with E-state index in [1.54, 1.807) is 25.0 Å². The third kappa shape index (κ3) is 6.37. The molecule has 0 fully saturated rings. The Hall–Kier alpha value is -5.55. The largest absolute Gasteiger partial charge is 0.439 e. The minimum absolute atomic E-state index is 0.573. The number of nitrogens with zero attached hydrogens (tertiary/aromatic N) is 6. The predicted molar refractivity (Wildman–Crippen MR) is 200 cm³/mol. The Morgan fingerprint density at radius 3 is 1.45 bits per heavy atom. The Bertz CT molecular complexity index is 2240. The molecule has 4 aromatic carbocycles. The Morgan fingerprint density at radius 1 is 0.490 bits per heavy atom. The highest BCUT2D eigenvalue weighted by Gasteiger charge is 2.19. The van der Waals surface area contributed by atoms with E-state index in [0.717, 1.165) is 33.3 Å². The zero-order valence-corrected chi connectivity index (χ0v) is 28.5. The van der Waals surface area contributed by atoms with Gasteiger partial charge < -0.3 is 9.47 Å². The van der Waals surface area contributed by atoms with E-state index in [4.69, 9.17) is 9.47 Å². The van der Waals surface area contributed by atoms with Crippen LogP contribution >= 0.6 is 15.8 Å². The Morgan fingerprint density at radius 2 is 0.980 bits per heavy atom. The van der Waals surface area contributed by atoms with E-state index < -0.39 is 15.8 Å². The van der Waals surface area contributed by atoms with Crippen LogP contribution in [0.3, 0.4) is 0 Å². The first-order valence-electron chi connectivity index (χ1n) is 15.7. The van der Waals surface area contributed by atoms with Crippen LogP contribution in [0, 0.1) is 0 Å². The second-order valence-electron chi connectivity index (χ2n) is 11.3. The highest BCUT2D eigenvalue weighted by molar-refractivity contribution is 7.72. The highest BCUT2D eigenvalue weighted by Crippen LogP contribution is 2.38. The number of hydrogen-bond acceptors (Lipinski definition) is 7. The molecule has 0 bridgehead atoms. The van der Waals surface area contributed by atoms with Gasteiger partial charge in [-0.05, 0) is 98.9 Å². The summed E-state index contributed by atoms with van der Waals surface area (Å²) in [5.41, 5.74) is 2.11. The highest BCUT2D eigenvalue weighted by atomic mass is 31.1. The van der Waals surface area contributed by atoms with Crippen molar-refractivity contribution in [2.75, 3.05) is 13.3 Å². The Balaban J connectivity index is 1.17. The number of pyridine rings is 2. The average Bonchev–Trinajstić information content (AvgIpc) is 3.48. The van der Waals surface area contributed by atoms with E-state index in [1.165, 1.54) is 21.2 Å². The van der Waals surface area contributed by atoms with Crippen LogP contribution in [-0.2, 0) is 0 Å². The monoisotopic (exact) mass is 676 g/mol. The maximum Gasteiger partial charge on any atom is 0.237 e. The van der Waals surface area contributed by atoms with Crippen molar-refractivity contribution in [2.24, 2.45) is 0 Å². The Labute approximate surface area is 286 Å². The fourth-order valence-corrected chi connectivity index (χ4v) is 8.93. The van der Waals surface area contributed by atoms with Crippen molar-refractivity contribution >= 4 is 58.9 Å². The molecule has 0 amide bonds. The van der Waals surface area contributed by atoms with Gasteiger partial charge in [-0.25, -0.2) is 24.9 Å². The maximum absolute atomic E-state index is 6.05. The SMILES string of the molecule is CP(c1cccc(Oc2ccccn2)c1)c1ccc2c3ccc(P(C)c4cccc(Oc5ccccn5)c4)cc3n(-c3ncncn3)c2c1. The van der Waals surface area contributed by atoms with Gasteiger partial charge in [-0.2, -0.15) is 0 Å². The second kappa shape index (κ2) is 13.5. The quantitative estimate of drug-likeness (QED) is 0.147. The van der Waals surface area contributed by atoms with E-state index in [1.807, 2.05) is 60.7 Å². The van der Waals surface area contributed by atoms with Gasteiger partial charge in [0.15, 0.2) is 0 Å². The van der Waals surface area contributed by atoms with Crippen molar-refractivity contribution in [1.82, 2.24) is 29.5 Å². The van der Waals surface area contributed by atoms with Crippen molar-refractivity contribution in [3.63, 3.8) is 0 Å². The van der Waals surface area contributed by atoms with E-state index >= 15 is 0 Å². The molecule has 2 atom stereocenters. The number of fused-ring (bicyclic) bond motifs is 3. The molecule has 8 aromatic rings. The first-order valence-corrected chi connectivity index (χ1v) is 19.2. The molecule has 0 aliphatic heterocycles. The Kier molecular flexibility index (Phi) is 8.49. The summed E-state index contributed by atoms with van der Waals surface area (Å²) in [7, 11) is -1.39. The molecule has 49 heavy (non-hydrogen) atoms. The number of benzene rings is 4. The van der Waals surface area contributed by atoms with Crippen LogP contribution in [0.25, 0.3) is 27.8 Å². The number of hydrogen-bond donors (Lipinski definition) is 0. The molecule has 0 aliphatic rings. The predicted octanol–water partition coefficient (Wildman–Crippen LogP) is 7.47. The molecule has 238 valence electrons. The third-order valence-corrected chi connectivity index (χ3v) is 12.5. The molecular weight excluding hydrogens is 646 g/mol. The summed E-state index contributed by atoms with van der Waals surface area (Å²) in [5, 5.41) is 7.18. The van der Waals surface area contributed by atoms with Gasteiger partial charge >= 0.3 is 0 Å². The van der Waals surface area contributed by atoms with Gasteiger partial charge in [-0.15, -0.1) is 0 Å². The second-order valence-corrected chi connectivity index (χ2v) is 15.6. The lowest BCUT2D eigenvalue weighted by Gasteiger charge is -2.16. The molecule has 0 saturated heterocycles. The first-order chi connectivity index (χ1) is 24.1. The molecule has 0 radical (unpaired) electrons. The lowest BCUT2D eigenvalue weighted by Crippen LogP contribution is -2.12. The van der Waals surface area contributed by atoms with Crippen molar-refractivity contribution in [1.29, 1.82) is 0 Å². The van der Waals surface area contributed by atoms with Crippen molar-refractivity contribution in [2.45, 2.75) is 0 Å². The lowest BCUT2D eigenvalue weighted by molar-refractivity contribution is 0.463. The standard InChI is InChI=1S/C39H30N6O2P2/c1-48(29-11-7-9-27(21-29)46-37-13-3-5-19-41-37)31-15-17-33-34-18-16-32(24-36(34)45(35(33)23-31)39-43-25-40-26-44-39)49(2)30-12-8-10-28(22-30)47-38-14-4-6-20-42-38/h3-26H,1-2H3. The van der Waals surface area contributed by atoms with E-state index in [-0.39, 0.29) is 0 Å². The number of aromatic nitrogens is 6. The zero-order chi connectivity index (χ0) is 33.2. The summed E-state index contributed by atoms with van der Waals surface area (Å²) in [6, 6.07) is 41.4. The van der Waals surface area contributed by atoms with Crippen LogP contribution in [0.5, 0.6) is 23.3 Å². The van der Waals surface area contributed by atoms with Crippen LogP contribution in [0.1, 0.15) is 0 Å². The zero-order valence-electron chi connectivity index (χ0n) is 26.8. The minimum atomic E-state index is -0.694. The molecular formula is C39H30N6O2P2. The molecule has 0 spiro atoms. The van der Waals surface area contributed by atoms with Crippen LogP contribution < -0.4 is 30.7 Å². The lowest BCUT2D eigenvalue weighted by atomic mass is 10.1. The molecule has 10 heteroatoms. The van der Waals surface area contributed by atoms with Gasteiger partial charge in [0, 0.05) is 35.3 Å². The topological polar surface area (TPSA) is 87.8 Å². The van der Waals surface area contributed by atoms with Crippen LogP contribution in [0.15, 0.2) is 146 Å². The summed E-state index contributed by atoms with van der Waals surface area (Å²) in [6.45, 7) is 4.56. The molecule has 8 rings (SSSR count). The smallest absolute Gasteiger partial charge is 0.237 e. The normalized spacial score (nSPS) is 12.5. The summed E-state index contributed by atoms with van der Waals surface area (Å²) in [5.74, 6) is 3.27. The molecule has 8 nitrogen and oxygen atoms in total. The maximum atomic E-state index is 6.05. The number of rotatable bonds is 9. The first kappa shape index (κ1) is 30.8. The van der Waals surface area contributed by atoms with Gasteiger partial charge in [0.2, 0.25) is 17.7 Å². The minimum Gasteiger partial charge on any atom is -0.439 e. The molecule has 4 aromatic heterocycles. The van der Waals surface area contributed by atoms with Gasteiger partial charge in [-0.1, -0.05) is 60.7 Å². The molecule has 0 aliphatic carbocycles. The van der Waals surface area contributed by atoms with Crippen molar-refractivity contribution in [3.05, 3.63) is 146 Å². The van der Waals surface area contributed by atoms with Crippen LogP contribution in [0.2, 0.25) is 0 Å². The fraction of sp³-hybridized carbons (Fsp3) is 0.0513. The van der Waals surface area contributed by atoms with E-state index in [9.17, 15) is 0 Å².